The van der Waals surface area contributed by atoms with Gasteiger partial charge in [0, 0.05) is 45.9 Å². The van der Waals surface area contributed by atoms with Gasteiger partial charge in [-0.3, -0.25) is 4.90 Å². The maximum Gasteiger partial charge on any atom is 0.227 e. The molecule has 0 radical (unpaired) electrons. The Morgan fingerprint density at radius 3 is 2.64 bits per heavy atom. The first kappa shape index (κ1) is 21.7. The normalized spacial score (nSPS) is 23.3. The van der Waals surface area contributed by atoms with E-state index >= 15 is 0 Å². The maximum atomic E-state index is 13.1. The summed E-state index contributed by atoms with van der Waals surface area (Å²) in [5, 5.41) is 0.229. The van der Waals surface area contributed by atoms with Crippen molar-refractivity contribution in [3.63, 3.8) is 0 Å². The lowest BCUT2D eigenvalue weighted by Crippen LogP contribution is -2.49. The number of hydrogen-bond acceptors (Lipinski definition) is 6. The van der Waals surface area contributed by atoms with Gasteiger partial charge in [-0.2, -0.15) is 0 Å². The van der Waals surface area contributed by atoms with Crippen LogP contribution >= 0.6 is 0 Å². The van der Waals surface area contributed by atoms with Gasteiger partial charge in [-0.05, 0) is 32.7 Å². The molecule has 160 valence electrons. The summed E-state index contributed by atoms with van der Waals surface area (Å²) in [7, 11) is 0.410. The molecule has 2 heterocycles. The molecule has 3 rings (SSSR count). The van der Waals surface area contributed by atoms with Crippen LogP contribution in [0.2, 0.25) is 0 Å². The lowest BCUT2D eigenvalue weighted by atomic mass is 9.91. The number of nitrogens with zero attached hydrogens (tertiary/aromatic N) is 4. The minimum Gasteiger partial charge on any atom is -0.383 e. The van der Waals surface area contributed by atoms with E-state index in [0.717, 1.165) is 57.6 Å². The van der Waals surface area contributed by atoms with Crippen molar-refractivity contribution in [1.29, 1.82) is 0 Å². The molecule has 0 N–H and O–H groups in total. The van der Waals surface area contributed by atoms with E-state index in [0.29, 0.717) is 19.2 Å². The number of sulfone groups is 1. The summed E-state index contributed by atoms with van der Waals surface area (Å²) in [6, 6.07) is 0.499. The fourth-order valence-corrected chi connectivity index (χ4v) is 6.28. The van der Waals surface area contributed by atoms with Crippen LogP contribution in [0.4, 0.5) is 0 Å². The van der Waals surface area contributed by atoms with Crippen molar-refractivity contribution in [2.75, 3.05) is 46.2 Å². The zero-order valence-electron chi connectivity index (χ0n) is 17.6. The van der Waals surface area contributed by atoms with Crippen molar-refractivity contribution in [2.45, 2.75) is 63.3 Å². The van der Waals surface area contributed by atoms with Crippen LogP contribution in [0.25, 0.3) is 0 Å². The first-order valence-corrected chi connectivity index (χ1v) is 12.2. The molecule has 1 saturated carbocycles. The summed E-state index contributed by atoms with van der Waals surface area (Å²) in [5.74, 6) is 0.496. The predicted octanol–water partition coefficient (Wildman–Crippen LogP) is 2.02. The Labute approximate surface area is 170 Å². The molecule has 0 spiro atoms. The lowest BCUT2D eigenvalue weighted by Gasteiger charge is -2.37. The van der Waals surface area contributed by atoms with Gasteiger partial charge in [0.25, 0.3) is 0 Å². The van der Waals surface area contributed by atoms with E-state index in [-0.39, 0.29) is 16.8 Å². The summed E-state index contributed by atoms with van der Waals surface area (Å²) in [5.41, 5.74) is 0.969. The van der Waals surface area contributed by atoms with Crippen LogP contribution in [-0.4, -0.2) is 80.0 Å². The predicted molar refractivity (Wildman–Crippen MR) is 110 cm³/mol. The number of rotatable bonds is 8. The zero-order valence-corrected chi connectivity index (χ0v) is 18.5. The Hall–Kier alpha value is -0.960. The summed E-state index contributed by atoms with van der Waals surface area (Å²) in [6.45, 7) is 6.96. The molecule has 1 aliphatic carbocycles. The van der Waals surface area contributed by atoms with Gasteiger partial charge in [0.1, 0.15) is 0 Å². The van der Waals surface area contributed by atoms with E-state index < -0.39 is 9.84 Å². The van der Waals surface area contributed by atoms with Crippen molar-refractivity contribution in [2.24, 2.45) is 5.92 Å². The first-order valence-electron chi connectivity index (χ1n) is 10.6. The standard InChI is InChI=1S/C20H36N4O3S/c1-17-14-23(10-9-22(17)2)15-19-13-21-20(24(19)11-12-27-3)28(25,26)16-18-7-5-4-6-8-18/h13,17-18H,4-12,14-16H2,1-3H3. The van der Waals surface area contributed by atoms with Gasteiger partial charge in [0.15, 0.2) is 0 Å². The van der Waals surface area contributed by atoms with Crippen LogP contribution in [0.15, 0.2) is 11.4 Å². The highest BCUT2D eigenvalue weighted by Crippen LogP contribution is 2.27. The van der Waals surface area contributed by atoms with E-state index in [4.69, 9.17) is 4.74 Å². The van der Waals surface area contributed by atoms with Crippen LogP contribution in [-0.2, 0) is 27.7 Å². The highest BCUT2D eigenvalue weighted by atomic mass is 32.2. The van der Waals surface area contributed by atoms with Crippen LogP contribution in [0.1, 0.15) is 44.7 Å². The molecule has 1 atom stereocenters. The summed E-state index contributed by atoms with van der Waals surface area (Å²) in [4.78, 5) is 9.14. The average molecular weight is 413 g/mol. The molecule has 2 fully saturated rings. The molecule has 0 amide bonds. The maximum absolute atomic E-state index is 13.1. The van der Waals surface area contributed by atoms with Gasteiger partial charge in [-0.1, -0.05) is 19.3 Å². The third-order valence-electron chi connectivity index (χ3n) is 6.31. The largest absolute Gasteiger partial charge is 0.383 e. The molecule has 1 aromatic heterocycles. The highest BCUT2D eigenvalue weighted by molar-refractivity contribution is 7.91. The molecule has 7 nitrogen and oxygen atoms in total. The second-order valence-corrected chi connectivity index (χ2v) is 10.5. The van der Waals surface area contributed by atoms with Gasteiger partial charge >= 0.3 is 0 Å². The van der Waals surface area contributed by atoms with Crippen LogP contribution in [0.3, 0.4) is 0 Å². The summed E-state index contributed by atoms with van der Waals surface area (Å²) >= 11 is 0. The number of hydrogen-bond donors (Lipinski definition) is 0. The topological polar surface area (TPSA) is 67.7 Å². The van der Waals surface area contributed by atoms with E-state index in [2.05, 4.69) is 28.8 Å². The summed E-state index contributed by atoms with van der Waals surface area (Å²) in [6.07, 6.45) is 7.31. The molecular formula is C20H36N4O3S. The van der Waals surface area contributed by atoms with Gasteiger partial charge in [0.05, 0.1) is 24.3 Å². The van der Waals surface area contributed by atoms with E-state index in [9.17, 15) is 8.42 Å². The van der Waals surface area contributed by atoms with Gasteiger partial charge < -0.3 is 14.2 Å². The minimum atomic E-state index is -3.39. The molecular weight excluding hydrogens is 376 g/mol. The lowest BCUT2D eigenvalue weighted by molar-refractivity contribution is 0.0972. The Balaban J connectivity index is 1.77. The number of likely N-dealkylation sites (N-methyl/N-ethyl adjacent to an activating group) is 1. The number of piperazine rings is 1. The first-order chi connectivity index (χ1) is 13.4. The molecule has 1 aromatic rings. The second kappa shape index (κ2) is 9.69. The highest BCUT2D eigenvalue weighted by Gasteiger charge is 2.29. The van der Waals surface area contributed by atoms with E-state index in [1.165, 1.54) is 6.42 Å². The molecule has 1 unspecified atom stereocenters. The molecule has 0 bridgehead atoms. The molecule has 0 aromatic carbocycles. The number of ether oxygens (including phenoxy) is 1. The fourth-order valence-electron chi connectivity index (χ4n) is 4.42. The number of aromatic nitrogens is 2. The van der Waals surface area contributed by atoms with Crippen molar-refractivity contribution in [3.05, 3.63) is 11.9 Å². The van der Waals surface area contributed by atoms with Crippen LogP contribution < -0.4 is 0 Å². The van der Waals surface area contributed by atoms with Gasteiger partial charge in [-0.25, -0.2) is 13.4 Å². The Morgan fingerprint density at radius 2 is 1.96 bits per heavy atom. The Morgan fingerprint density at radius 1 is 1.21 bits per heavy atom. The molecule has 28 heavy (non-hydrogen) atoms. The minimum absolute atomic E-state index is 0.224. The van der Waals surface area contributed by atoms with E-state index in [1.807, 2.05) is 4.57 Å². The number of imidazole rings is 1. The van der Waals surface area contributed by atoms with Gasteiger partial charge in [0.2, 0.25) is 15.0 Å². The molecule has 8 heteroatoms. The third-order valence-corrected chi connectivity index (χ3v) is 8.10. The smallest absolute Gasteiger partial charge is 0.227 e. The van der Waals surface area contributed by atoms with Crippen LogP contribution in [0, 0.1) is 5.92 Å². The van der Waals surface area contributed by atoms with Crippen molar-refractivity contribution in [3.8, 4) is 0 Å². The molecule has 1 aliphatic heterocycles. The molecule has 1 saturated heterocycles. The monoisotopic (exact) mass is 412 g/mol. The van der Waals surface area contributed by atoms with Crippen molar-refractivity contribution in [1.82, 2.24) is 19.4 Å². The van der Waals surface area contributed by atoms with Gasteiger partial charge in [-0.15, -0.1) is 0 Å². The number of methoxy groups -OCH3 is 1. The fraction of sp³-hybridized carbons (Fsp3) is 0.850. The second-order valence-electron chi connectivity index (χ2n) is 8.53. The van der Waals surface area contributed by atoms with E-state index in [1.54, 1.807) is 13.3 Å². The molecule has 2 aliphatic rings. The quantitative estimate of drug-likeness (QED) is 0.651. The average Bonchev–Trinajstić information content (AvgIpc) is 3.07. The zero-order chi connectivity index (χ0) is 20.1. The van der Waals surface area contributed by atoms with Crippen molar-refractivity contribution < 1.29 is 13.2 Å². The van der Waals surface area contributed by atoms with Crippen molar-refractivity contribution >= 4 is 9.84 Å². The third kappa shape index (κ3) is 5.34. The summed E-state index contributed by atoms with van der Waals surface area (Å²) < 4.78 is 33.4. The van der Waals surface area contributed by atoms with Crippen LogP contribution in [0.5, 0.6) is 0 Å². The Bertz CT molecular complexity index is 728. The Kier molecular flexibility index (Phi) is 7.53. The SMILES string of the molecule is COCCn1c(CN2CCN(C)C(C)C2)cnc1S(=O)(=O)CC1CCCCC1.